The average molecular weight is 390 g/mol. The van der Waals surface area contributed by atoms with E-state index in [1.54, 1.807) is 0 Å². The van der Waals surface area contributed by atoms with E-state index < -0.39 is 0 Å². The van der Waals surface area contributed by atoms with Crippen molar-refractivity contribution in [2.75, 3.05) is 17.2 Å². The molecule has 3 rings (SSSR count). The van der Waals surface area contributed by atoms with Gasteiger partial charge in [0.25, 0.3) is 0 Å². The van der Waals surface area contributed by atoms with Crippen LogP contribution < -0.4 is 20.1 Å². The predicted molar refractivity (Wildman–Crippen MR) is 117 cm³/mol. The number of para-hydroxylation sites is 1. The summed E-state index contributed by atoms with van der Waals surface area (Å²) in [5, 5.41) is 6.21. The highest BCUT2D eigenvalue weighted by Gasteiger charge is 2.04. The number of anilines is 3. The van der Waals surface area contributed by atoms with Crippen LogP contribution in [0.3, 0.4) is 0 Å². The molecule has 3 aromatic carbocycles. The monoisotopic (exact) mass is 390 g/mol. The number of carbonyl (C=O) groups excluding carboxylic acids is 1. The maximum atomic E-state index is 12.1. The van der Waals surface area contributed by atoms with Crippen molar-refractivity contribution in [3.8, 4) is 11.5 Å². The number of carbonyl (C=O) groups is 1. The van der Waals surface area contributed by atoms with Gasteiger partial charge in [-0.3, -0.25) is 4.79 Å². The van der Waals surface area contributed by atoms with Gasteiger partial charge in [-0.25, -0.2) is 0 Å². The first kappa shape index (κ1) is 20.3. The fraction of sp³-hybridized carbons (Fsp3) is 0.208. The van der Waals surface area contributed by atoms with Gasteiger partial charge in [-0.15, -0.1) is 0 Å². The SMILES string of the molecule is CC(C)Oc1ccc(Nc2ccc(NC(=O)CCOc3ccccc3)cc2)cc1. The Kier molecular flexibility index (Phi) is 7.11. The molecule has 3 aromatic rings. The maximum absolute atomic E-state index is 12.1. The van der Waals surface area contributed by atoms with Crippen molar-refractivity contribution in [1.82, 2.24) is 0 Å². The van der Waals surface area contributed by atoms with E-state index in [0.29, 0.717) is 13.0 Å². The lowest BCUT2D eigenvalue weighted by Gasteiger charge is -2.12. The second-order valence-corrected chi connectivity index (χ2v) is 6.85. The summed E-state index contributed by atoms with van der Waals surface area (Å²) in [7, 11) is 0. The van der Waals surface area contributed by atoms with Crippen LogP contribution in [0.1, 0.15) is 20.3 Å². The van der Waals surface area contributed by atoms with Gasteiger partial charge in [0.15, 0.2) is 0 Å². The third-order valence-corrected chi connectivity index (χ3v) is 4.02. The third kappa shape index (κ3) is 6.88. The molecule has 150 valence electrons. The molecule has 0 aliphatic rings. The highest BCUT2D eigenvalue weighted by Crippen LogP contribution is 2.22. The van der Waals surface area contributed by atoms with Gasteiger partial charge < -0.3 is 20.1 Å². The Morgan fingerprint density at radius 2 is 1.38 bits per heavy atom. The Hall–Kier alpha value is -3.47. The highest BCUT2D eigenvalue weighted by molar-refractivity contribution is 5.91. The topological polar surface area (TPSA) is 59.6 Å². The number of amides is 1. The molecular weight excluding hydrogens is 364 g/mol. The van der Waals surface area contributed by atoms with E-state index in [0.717, 1.165) is 28.6 Å². The third-order valence-electron chi connectivity index (χ3n) is 4.02. The molecule has 0 spiro atoms. The Bertz CT molecular complexity index is 892. The largest absolute Gasteiger partial charge is 0.493 e. The smallest absolute Gasteiger partial charge is 0.227 e. The first-order valence-corrected chi connectivity index (χ1v) is 9.70. The van der Waals surface area contributed by atoms with Crippen molar-refractivity contribution in [3.05, 3.63) is 78.9 Å². The quantitative estimate of drug-likeness (QED) is 0.497. The molecule has 0 bridgehead atoms. The minimum absolute atomic E-state index is 0.0811. The normalized spacial score (nSPS) is 10.4. The summed E-state index contributed by atoms with van der Waals surface area (Å²) in [5.41, 5.74) is 2.66. The van der Waals surface area contributed by atoms with Crippen LogP contribution in [0, 0.1) is 0 Å². The molecule has 5 nitrogen and oxygen atoms in total. The van der Waals surface area contributed by atoms with E-state index in [1.165, 1.54) is 0 Å². The van der Waals surface area contributed by atoms with E-state index in [1.807, 2.05) is 92.7 Å². The molecule has 0 aliphatic carbocycles. The molecular formula is C24H26N2O3. The summed E-state index contributed by atoms with van der Waals surface area (Å²) in [6.07, 6.45) is 0.445. The Balaban J connectivity index is 1.45. The first-order chi connectivity index (χ1) is 14.1. The molecule has 5 heteroatoms. The highest BCUT2D eigenvalue weighted by atomic mass is 16.5. The molecule has 0 saturated heterocycles. The zero-order chi connectivity index (χ0) is 20.5. The average Bonchev–Trinajstić information content (AvgIpc) is 2.71. The van der Waals surface area contributed by atoms with Crippen LogP contribution >= 0.6 is 0 Å². The summed E-state index contributed by atoms with van der Waals surface area (Å²) in [4.78, 5) is 12.1. The molecule has 0 fully saturated rings. The molecule has 1 amide bonds. The van der Waals surface area contributed by atoms with E-state index in [4.69, 9.17) is 9.47 Å². The van der Waals surface area contributed by atoms with Crippen LogP contribution in [0.15, 0.2) is 78.9 Å². The molecule has 0 saturated carbocycles. The first-order valence-electron chi connectivity index (χ1n) is 9.70. The van der Waals surface area contributed by atoms with Crippen molar-refractivity contribution < 1.29 is 14.3 Å². The van der Waals surface area contributed by atoms with Gasteiger partial charge in [0.2, 0.25) is 5.91 Å². The van der Waals surface area contributed by atoms with E-state index in [9.17, 15) is 4.79 Å². The number of hydrogen-bond acceptors (Lipinski definition) is 4. The molecule has 0 aliphatic heterocycles. The number of rotatable bonds is 9. The number of benzene rings is 3. The van der Waals surface area contributed by atoms with Crippen molar-refractivity contribution >= 4 is 23.0 Å². The molecule has 0 aromatic heterocycles. The predicted octanol–water partition coefficient (Wildman–Crippen LogP) is 5.63. The van der Waals surface area contributed by atoms with Crippen molar-refractivity contribution in [2.45, 2.75) is 26.4 Å². The molecule has 0 heterocycles. The van der Waals surface area contributed by atoms with Crippen LogP contribution in [-0.4, -0.2) is 18.6 Å². The van der Waals surface area contributed by atoms with Crippen molar-refractivity contribution in [1.29, 1.82) is 0 Å². The summed E-state index contributed by atoms with van der Waals surface area (Å²) < 4.78 is 11.2. The van der Waals surface area contributed by atoms with Gasteiger partial charge in [-0.2, -0.15) is 0 Å². The molecule has 0 atom stereocenters. The Morgan fingerprint density at radius 1 is 0.793 bits per heavy atom. The fourth-order valence-corrected chi connectivity index (χ4v) is 2.69. The summed E-state index contributed by atoms with van der Waals surface area (Å²) in [5.74, 6) is 1.53. The van der Waals surface area contributed by atoms with Crippen LogP contribution in [0.5, 0.6) is 11.5 Å². The lowest BCUT2D eigenvalue weighted by molar-refractivity contribution is -0.116. The summed E-state index contributed by atoms with van der Waals surface area (Å²) in [6.45, 7) is 4.34. The zero-order valence-corrected chi connectivity index (χ0v) is 16.7. The Morgan fingerprint density at radius 3 is 2.00 bits per heavy atom. The lowest BCUT2D eigenvalue weighted by atomic mass is 10.2. The maximum Gasteiger partial charge on any atom is 0.227 e. The lowest BCUT2D eigenvalue weighted by Crippen LogP contribution is -2.15. The number of nitrogens with one attached hydrogen (secondary N) is 2. The number of ether oxygens (including phenoxy) is 2. The van der Waals surface area contributed by atoms with Gasteiger partial charge >= 0.3 is 0 Å². The second kappa shape index (κ2) is 10.2. The molecule has 2 N–H and O–H groups in total. The second-order valence-electron chi connectivity index (χ2n) is 6.85. The summed E-state index contributed by atoms with van der Waals surface area (Å²) >= 11 is 0. The molecule has 0 radical (unpaired) electrons. The minimum atomic E-state index is -0.0811. The van der Waals surface area contributed by atoms with Crippen molar-refractivity contribution in [2.24, 2.45) is 0 Å². The van der Waals surface area contributed by atoms with Crippen LogP contribution in [0.25, 0.3) is 0 Å². The summed E-state index contributed by atoms with van der Waals surface area (Å²) in [6, 6.07) is 24.9. The molecule has 29 heavy (non-hydrogen) atoms. The minimum Gasteiger partial charge on any atom is -0.493 e. The van der Waals surface area contributed by atoms with Gasteiger partial charge in [-0.1, -0.05) is 18.2 Å². The zero-order valence-electron chi connectivity index (χ0n) is 16.7. The van der Waals surface area contributed by atoms with Crippen LogP contribution in [0.2, 0.25) is 0 Å². The van der Waals surface area contributed by atoms with Crippen LogP contribution in [0.4, 0.5) is 17.1 Å². The Labute approximate surface area is 171 Å². The van der Waals surface area contributed by atoms with E-state index in [2.05, 4.69) is 10.6 Å². The van der Waals surface area contributed by atoms with Crippen molar-refractivity contribution in [3.63, 3.8) is 0 Å². The van der Waals surface area contributed by atoms with E-state index in [-0.39, 0.29) is 12.0 Å². The van der Waals surface area contributed by atoms with Gasteiger partial charge in [0.05, 0.1) is 19.1 Å². The van der Waals surface area contributed by atoms with Gasteiger partial charge in [0.1, 0.15) is 11.5 Å². The molecule has 0 unspecified atom stereocenters. The van der Waals surface area contributed by atoms with Crippen LogP contribution in [-0.2, 0) is 4.79 Å². The van der Waals surface area contributed by atoms with Gasteiger partial charge in [0, 0.05) is 17.1 Å². The standard InChI is InChI=1S/C24H26N2O3/c1-18(2)29-23-14-12-20(13-15-23)25-19-8-10-21(11-9-19)26-24(27)16-17-28-22-6-4-3-5-7-22/h3-15,18,25H,16-17H2,1-2H3,(H,26,27). The van der Waals surface area contributed by atoms with Gasteiger partial charge in [-0.05, 0) is 74.5 Å². The fourth-order valence-electron chi connectivity index (χ4n) is 2.69. The van der Waals surface area contributed by atoms with E-state index >= 15 is 0 Å². The number of hydrogen-bond donors (Lipinski definition) is 2.